The van der Waals surface area contributed by atoms with Gasteiger partial charge in [-0.05, 0) is 63.9 Å². The molecule has 1 fully saturated rings. The lowest BCUT2D eigenvalue weighted by Crippen LogP contribution is -2.40. The van der Waals surface area contributed by atoms with Crippen molar-refractivity contribution < 1.29 is 14.3 Å². The van der Waals surface area contributed by atoms with Gasteiger partial charge in [0, 0.05) is 30.5 Å². The second-order valence-corrected chi connectivity index (χ2v) is 8.71. The third-order valence-corrected chi connectivity index (χ3v) is 4.86. The van der Waals surface area contributed by atoms with Crippen LogP contribution in [-0.4, -0.2) is 40.6 Å². The first-order chi connectivity index (χ1) is 14.7. The van der Waals surface area contributed by atoms with Crippen LogP contribution in [0.2, 0.25) is 5.02 Å². The van der Waals surface area contributed by atoms with Crippen molar-refractivity contribution in [2.45, 2.75) is 39.2 Å². The summed E-state index contributed by atoms with van der Waals surface area (Å²) >= 11 is 6.12. The Balaban J connectivity index is 1.64. The Morgan fingerprint density at radius 3 is 2.55 bits per heavy atom. The Hall–Kier alpha value is -3.06. The summed E-state index contributed by atoms with van der Waals surface area (Å²) in [5.41, 5.74) is 1.71. The number of benzene rings is 1. The third kappa shape index (κ3) is 6.72. The summed E-state index contributed by atoms with van der Waals surface area (Å²) in [6.45, 7) is 6.76. The molecule has 0 spiro atoms. The zero-order chi connectivity index (χ0) is 22.4. The Kier molecular flexibility index (Phi) is 7.17. The smallest absolute Gasteiger partial charge is 0.410 e. The molecule has 8 heteroatoms. The van der Waals surface area contributed by atoms with Crippen molar-refractivity contribution in [1.29, 1.82) is 0 Å². The minimum absolute atomic E-state index is 0.286. The topological polar surface area (TPSA) is 83.6 Å². The molecule has 2 aromatic rings. The molecule has 7 nitrogen and oxygen atoms in total. The Labute approximate surface area is 187 Å². The summed E-state index contributed by atoms with van der Waals surface area (Å²) in [6.07, 6.45) is 4.68. The predicted molar refractivity (Wildman–Crippen MR) is 122 cm³/mol. The number of aromatic nitrogens is 1. The van der Waals surface area contributed by atoms with Gasteiger partial charge in [-0.25, -0.2) is 9.78 Å². The van der Waals surface area contributed by atoms with Gasteiger partial charge >= 0.3 is 6.09 Å². The molecule has 0 unspecified atom stereocenters. The number of hydrogen-bond acceptors (Lipinski definition) is 5. The summed E-state index contributed by atoms with van der Waals surface area (Å²) in [6, 6.07) is 10.4. The maximum Gasteiger partial charge on any atom is 0.410 e. The molecule has 0 bridgehead atoms. The van der Waals surface area contributed by atoms with Gasteiger partial charge in [-0.1, -0.05) is 23.2 Å². The van der Waals surface area contributed by atoms with Crippen molar-refractivity contribution in [2.75, 3.05) is 23.7 Å². The molecule has 1 aromatic carbocycles. The summed E-state index contributed by atoms with van der Waals surface area (Å²) in [5.74, 6) is 0.160. The van der Waals surface area contributed by atoms with Crippen molar-refractivity contribution in [1.82, 2.24) is 9.88 Å². The minimum atomic E-state index is -0.504. The van der Waals surface area contributed by atoms with Crippen molar-refractivity contribution in [3.8, 4) is 0 Å². The van der Waals surface area contributed by atoms with E-state index in [4.69, 9.17) is 16.3 Å². The Morgan fingerprint density at radius 1 is 1.16 bits per heavy atom. The minimum Gasteiger partial charge on any atom is -0.444 e. The van der Waals surface area contributed by atoms with E-state index in [-0.39, 0.29) is 12.0 Å². The lowest BCUT2D eigenvalue weighted by Gasteiger charge is -2.31. The lowest BCUT2D eigenvalue weighted by molar-refractivity contribution is 0.0236. The number of carbonyl (C=O) groups is 2. The molecule has 3 rings (SSSR count). The van der Waals surface area contributed by atoms with Gasteiger partial charge in [0.1, 0.15) is 11.4 Å². The van der Waals surface area contributed by atoms with Gasteiger partial charge in [0.15, 0.2) is 0 Å². The van der Waals surface area contributed by atoms with Crippen LogP contribution in [0, 0.1) is 0 Å². The fourth-order valence-electron chi connectivity index (χ4n) is 3.08. The van der Waals surface area contributed by atoms with E-state index in [9.17, 15) is 9.59 Å². The van der Waals surface area contributed by atoms with Crippen LogP contribution in [0.5, 0.6) is 0 Å². The summed E-state index contributed by atoms with van der Waals surface area (Å²) in [5, 5.41) is 6.46. The number of rotatable bonds is 4. The number of halogens is 1. The van der Waals surface area contributed by atoms with Crippen LogP contribution in [0.15, 0.2) is 54.4 Å². The number of hydrogen-bond donors (Lipinski definition) is 2. The fourth-order valence-corrected chi connectivity index (χ4v) is 3.25. The molecule has 0 radical (unpaired) electrons. The molecule has 2 N–H and O–H groups in total. The van der Waals surface area contributed by atoms with Gasteiger partial charge in [-0.2, -0.15) is 0 Å². The number of piperidine rings is 1. The maximum absolute atomic E-state index is 12.7. The van der Waals surface area contributed by atoms with E-state index in [1.165, 1.54) is 0 Å². The van der Waals surface area contributed by atoms with Crippen molar-refractivity contribution in [3.63, 3.8) is 0 Å². The SMILES string of the molecule is CC(C)(C)OC(=O)N1CCC(=CNc2ccc(Cl)cc2C(=O)Nc2ccccn2)CC1. The van der Waals surface area contributed by atoms with Gasteiger partial charge < -0.3 is 20.3 Å². The van der Waals surface area contributed by atoms with Crippen molar-refractivity contribution >= 4 is 35.1 Å². The molecule has 2 heterocycles. The molecule has 31 heavy (non-hydrogen) atoms. The van der Waals surface area contributed by atoms with Gasteiger partial charge in [0.2, 0.25) is 0 Å². The van der Waals surface area contributed by atoms with E-state index in [1.807, 2.05) is 27.0 Å². The summed E-state index contributed by atoms with van der Waals surface area (Å²) in [7, 11) is 0. The first-order valence-corrected chi connectivity index (χ1v) is 10.5. The highest BCUT2D eigenvalue weighted by atomic mass is 35.5. The first kappa shape index (κ1) is 22.6. The van der Waals surface area contributed by atoms with Crippen LogP contribution in [-0.2, 0) is 4.74 Å². The van der Waals surface area contributed by atoms with Crippen LogP contribution in [0.3, 0.4) is 0 Å². The third-order valence-electron chi connectivity index (χ3n) is 4.62. The molecule has 1 aliphatic rings. The standard InChI is InChI=1S/C23H27ClN4O3/c1-23(2,3)31-22(30)28-12-9-16(10-13-28)15-26-19-8-7-17(24)14-18(19)21(29)27-20-6-4-5-11-25-20/h4-8,11,14-15,26H,9-10,12-13H2,1-3H3,(H,25,27,29). The number of amides is 2. The average Bonchev–Trinajstić information content (AvgIpc) is 2.72. The Bertz CT molecular complexity index is 961. The predicted octanol–water partition coefficient (Wildman–Crippen LogP) is 5.31. The number of carbonyl (C=O) groups excluding carboxylic acids is 2. The quantitative estimate of drug-likeness (QED) is 0.670. The highest BCUT2D eigenvalue weighted by Gasteiger charge is 2.24. The second-order valence-electron chi connectivity index (χ2n) is 8.27. The number of anilines is 2. The van der Waals surface area contributed by atoms with Crippen molar-refractivity contribution in [2.24, 2.45) is 0 Å². The van der Waals surface area contributed by atoms with Crippen LogP contribution in [0.25, 0.3) is 0 Å². The monoisotopic (exact) mass is 442 g/mol. The van der Waals surface area contributed by atoms with Gasteiger partial charge in [-0.15, -0.1) is 0 Å². The first-order valence-electron chi connectivity index (χ1n) is 10.2. The maximum atomic E-state index is 12.7. The molecule has 2 amide bonds. The molecule has 164 valence electrons. The number of pyridine rings is 1. The summed E-state index contributed by atoms with van der Waals surface area (Å²) < 4.78 is 5.43. The van der Waals surface area contributed by atoms with Crippen LogP contribution in [0.1, 0.15) is 44.0 Å². The number of nitrogens with one attached hydrogen (secondary N) is 2. The van der Waals surface area contributed by atoms with E-state index >= 15 is 0 Å². The largest absolute Gasteiger partial charge is 0.444 e. The molecule has 1 aromatic heterocycles. The highest BCUT2D eigenvalue weighted by molar-refractivity contribution is 6.31. The average molecular weight is 443 g/mol. The molecule has 0 aliphatic carbocycles. The van der Waals surface area contributed by atoms with E-state index in [2.05, 4.69) is 15.6 Å². The van der Waals surface area contributed by atoms with Crippen LogP contribution < -0.4 is 10.6 Å². The molecular weight excluding hydrogens is 416 g/mol. The summed E-state index contributed by atoms with van der Waals surface area (Å²) in [4.78, 5) is 30.8. The lowest BCUT2D eigenvalue weighted by atomic mass is 10.1. The zero-order valence-electron chi connectivity index (χ0n) is 17.9. The molecule has 1 aliphatic heterocycles. The zero-order valence-corrected chi connectivity index (χ0v) is 18.7. The van der Waals surface area contributed by atoms with Crippen LogP contribution >= 0.6 is 11.6 Å². The van der Waals surface area contributed by atoms with Gasteiger partial charge in [-0.3, -0.25) is 4.79 Å². The normalized spacial score (nSPS) is 14.1. The number of nitrogens with zero attached hydrogens (tertiary/aromatic N) is 2. The van der Waals surface area contributed by atoms with E-state index in [0.29, 0.717) is 35.2 Å². The number of ether oxygens (including phenoxy) is 1. The van der Waals surface area contributed by atoms with Gasteiger partial charge in [0.05, 0.1) is 11.3 Å². The van der Waals surface area contributed by atoms with Gasteiger partial charge in [0.25, 0.3) is 5.91 Å². The van der Waals surface area contributed by atoms with Crippen molar-refractivity contribution in [3.05, 3.63) is 65.0 Å². The second kappa shape index (κ2) is 9.83. The molecule has 1 saturated heterocycles. The van der Waals surface area contributed by atoms with E-state index < -0.39 is 5.60 Å². The van der Waals surface area contributed by atoms with E-state index in [0.717, 1.165) is 18.4 Å². The fraction of sp³-hybridized carbons (Fsp3) is 0.348. The number of likely N-dealkylation sites (tertiary alicyclic amines) is 1. The van der Waals surface area contributed by atoms with Crippen LogP contribution in [0.4, 0.5) is 16.3 Å². The molecule has 0 atom stereocenters. The Morgan fingerprint density at radius 2 is 1.90 bits per heavy atom. The van der Waals surface area contributed by atoms with E-state index in [1.54, 1.807) is 47.5 Å². The molecule has 0 saturated carbocycles. The molecular formula is C23H27ClN4O3. The highest BCUT2D eigenvalue weighted by Crippen LogP contribution is 2.24.